The molecule has 1 unspecified atom stereocenters. The Kier molecular flexibility index (Phi) is 6.73. The van der Waals surface area contributed by atoms with Crippen LogP contribution < -0.4 is 14.2 Å². The molecule has 0 amide bonds. The standard InChI is InChI=1S/C21H23NO7S2/c1-15-6-8-16(9-7-15)30(23,24)21(19-5-4-12-29-19)14-22-31(25,26)17-10-11-18(27-2)20(13-17)28-3/h4-13,21-22H,14H2,1-3H3. The molecule has 1 N–H and O–H groups in total. The van der Waals surface area contributed by atoms with Crippen LogP contribution >= 0.6 is 0 Å². The van der Waals surface area contributed by atoms with Crippen molar-refractivity contribution in [1.29, 1.82) is 0 Å². The van der Waals surface area contributed by atoms with E-state index in [9.17, 15) is 16.8 Å². The summed E-state index contributed by atoms with van der Waals surface area (Å²) in [5.41, 5.74) is 0.905. The van der Waals surface area contributed by atoms with Gasteiger partial charge in [-0.1, -0.05) is 17.7 Å². The van der Waals surface area contributed by atoms with Gasteiger partial charge in [-0.3, -0.25) is 0 Å². The molecule has 0 bridgehead atoms. The zero-order chi connectivity index (χ0) is 22.6. The van der Waals surface area contributed by atoms with Crippen molar-refractivity contribution >= 4 is 19.9 Å². The molecule has 166 valence electrons. The van der Waals surface area contributed by atoms with Crippen molar-refractivity contribution in [2.45, 2.75) is 22.0 Å². The number of ether oxygens (including phenoxy) is 2. The lowest BCUT2D eigenvalue weighted by atomic mass is 10.2. The molecule has 10 heteroatoms. The predicted octanol–water partition coefficient (Wildman–Crippen LogP) is 3.10. The predicted molar refractivity (Wildman–Crippen MR) is 115 cm³/mol. The van der Waals surface area contributed by atoms with Gasteiger partial charge in [0, 0.05) is 12.6 Å². The molecule has 8 nitrogen and oxygen atoms in total. The van der Waals surface area contributed by atoms with Crippen LogP contribution in [0.3, 0.4) is 0 Å². The Morgan fingerprint density at radius 1 is 0.903 bits per heavy atom. The lowest BCUT2D eigenvalue weighted by molar-refractivity contribution is 0.354. The van der Waals surface area contributed by atoms with E-state index in [-0.39, 0.29) is 21.3 Å². The molecule has 1 aromatic heterocycles. The number of sulfonamides is 1. The first-order valence-corrected chi connectivity index (χ1v) is 12.3. The number of aryl methyl sites for hydroxylation is 1. The van der Waals surface area contributed by atoms with Crippen LogP contribution in [0.4, 0.5) is 0 Å². The Labute approximate surface area is 181 Å². The molecule has 1 atom stereocenters. The number of rotatable bonds is 9. The summed E-state index contributed by atoms with van der Waals surface area (Å²) < 4.78 is 70.2. The fraction of sp³-hybridized carbons (Fsp3) is 0.238. The summed E-state index contributed by atoms with van der Waals surface area (Å²) in [6.45, 7) is 1.43. The molecule has 0 saturated carbocycles. The van der Waals surface area contributed by atoms with E-state index in [0.29, 0.717) is 5.75 Å². The van der Waals surface area contributed by atoms with Gasteiger partial charge in [0.15, 0.2) is 21.3 Å². The highest BCUT2D eigenvalue weighted by atomic mass is 32.2. The van der Waals surface area contributed by atoms with Crippen molar-refractivity contribution in [1.82, 2.24) is 4.72 Å². The minimum atomic E-state index is -4.04. The number of nitrogens with one attached hydrogen (secondary N) is 1. The van der Waals surface area contributed by atoms with Crippen LogP contribution in [-0.2, 0) is 19.9 Å². The maximum absolute atomic E-state index is 13.2. The van der Waals surface area contributed by atoms with Gasteiger partial charge in [-0.15, -0.1) is 0 Å². The van der Waals surface area contributed by atoms with Crippen LogP contribution in [0.1, 0.15) is 16.6 Å². The zero-order valence-electron chi connectivity index (χ0n) is 17.2. The fourth-order valence-electron chi connectivity index (χ4n) is 2.98. The summed E-state index contributed by atoms with van der Waals surface area (Å²) in [6, 6.07) is 13.5. The zero-order valence-corrected chi connectivity index (χ0v) is 18.9. The van der Waals surface area contributed by atoms with Gasteiger partial charge in [0.25, 0.3) is 0 Å². The smallest absolute Gasteiger partial charge is 0.240 e. The number of hydrogen-bond donors (Lipinski definition) is 1. The van der Waals surface area contributed by atoms with E-state index in [2.05, 4.69) is 4.72 Å². The van der Waals surface area contributed by atoms with Crippen LogP contribution in [0.25, 0.3) is 0 Å². The van der Waals surface area contributed by atoms with E-state index >= 15 is 0 Å². The maximum atomic E-state index is 13.2. The molecule has 3 aromatic rings. The van der Waals surface area contributed by atoms with Crippen LogP contribution in [0.2, 0.25) is 0 Å². The average molecular weight is 466 g/mol. The summed E-state index contributed by atoms with van der Waals surface area (Å²) >= 11 is 0. The number of hydrogen-bond acceptors (Lipinski definition) is 7. The number of furan rings is 1. The molecule has 0 aliphatic rings. The largest absolute Gasteiger partial charge is 0.493 e. The Bertz CT molecular complexity index is 1230. The van der Waals surface area contributed by atoms with E-state index in [1.165, 1.54) is 56.9 Å². The number of sulfone groups is 1. The first-order valence-electron chi connectivity index (χ1n) is 9.24. The molecule has 31 heavy (non-hydrogen) atoms. The van der Waals surface area contributed by atoms with Gasteiger partial charge in [-0.2, -0.15) is 0 Å². The molecule has 2 aromatic carbocycles. The van der Waals surface area contributed by atoms with E-state index in [0.717, 1.165) is 5.56 Å². The molecule has 3 rings (SSSR count). The van der Waals surface area contributed by atoms with Crippen molar-refractivity contribution in [3.05, 3.63) is 72.2 Å². The molecule has 0 aliphatic heterocycles. The summed E-state index contributed by atoms with van der Waals surface area (Å²) in [4.78, 5) is -0.0131. The van der Waals surface area contributed by atoms with Crippen molar-refractivity contribution in [3.8, 4) is 11.5 Å². The molecule has 0 spiro atoms. The topological polar surface area (TPSA) is 112 Å². The second-order valence-corrected chi connectivity index (χ2v) is 10.6. The summed E-state index contributed by atoms with van der Waals surface area (Å²) in [5, 5.41) is -1.25. The van der Waals surface area contributed by atoms with Gasteiger partial charge >= 0.3 is 0 Å². The monoisotopic (exact) mass is 465 g/mol. The lowest BCUT2D eigenvalue weighted by Gasteiger charge is -2.17. The van der Waals surface area contributed by atoms with Gasteiger partial charge in [-0.25, -0.2) is 21.6 Å². The molecule has 0 fully saturated rings. The van der Waals surface area contributed by atoms with E-state index < -0.39 is 31.7 Å². The maximum Gasteiger partial charge on any atom is 0.240 e. The van der Waals surface area contributed by atoms with Crippen molar-refractivity contribution in [3.63, 3.8) is 0 Å². The number of methoxy groups -OCH3 is 2. The highest BCUT2D eigenvalue weighted by Crippen LogP contribution is 2.31. The minimum Gasteiger partial charge on any atom is -0.493 e. The van der Waals surface area contributed by atoms with E-state index in [1.54, 1.807) is 18.2 Å². The SMILES string of the molecule is COc1ccc(S(=O)(=O)NCC(c2ccco2)S(=O)(=O)c2ccc(C)cc2)cc1OC. The summed E-state index contributed by atoms with van der Waals surface area (Å²) in [5.74, 6) is 0.743. The Morgan fingerprint density at radius 2 is 1.55 bits per heavy atom. The normalized spacial score (nSPS) is 13.0. The quantitative estimate of drug-likeness (QED) is 0.517. The minimum absolute atomic E-state index is 0.0739. The first kappa shape index (κ1) is 22.9. The third kappa shape index (κ3) is 4.92. The van der Waals surface area contributed by atoms with Gasteiger partial charge < -0.3 is 13.9 Å². The average Bonchev–Trinajstić information content (AvgIpc) is 3.27. The van der Waals surface area contributed by atoms with Gasteiger partial charge in [0.05, 0.1) is 30.3 Å². The second kappa shape index (κ2) is 9.13. The van der Waals surface area contributed by atoms with Gasteiger partial charge in [-0.05, 0) is 43.3 Å². The summed E-state index contributed by atoms with van der Waals surface area (Å²) in [7, 11) is -5.15. The molecular formula is C21H23NO7S2. The Hall–Kier alpha value is -2.82. The van der Waals surface area contributed by atoms with Crippen LogP contribution in [0, 0.1) is 6.92 Å². The third-order valence-corrected chi connectivity index (χ3v) is 8.21. The van der Waals surface area contributed by atoms with Crippen molar-refractivity contribution in [2.24, 2.45) is 0 Å². The number of benzene rings is 2. The highest BCUT2D eigenvalue weighted by Gasteiger charge is 2.33. The van der Waals surface area contributed by atoms with Gasteiger partial charge in [0.1, 0.15) is 11.0 Å². The molecule has 0 aliphatic carbocycles. The third-order valence-electron chi connectivity index (χ3n) is 4.71. The fourth-order valence-corrected chi connectivity index (χ4v) is 5.74. The lowest BCUT2D eigenvalue weighted by Crippen LogP contribution is -2.32. The Balaban J connectivity index is 1.92. The summed E-state index contributed by atoms with van der Waals surface area (Å²) in [6.07, 6.45) is 1.34. The van der Waals surface area contributed by atoms with E-state index in [1.807, 2.05) is 6.92 Å². The molecule has 0 saturated heterocycles. The second-order valence-electron chi connectivity index (χ2n) is 6.73. The van der Waals surface area contributed by atoms with Crippen LogP contribution in [0.5, 0.6) is 11.5 Å². The Morgan fingerprint density at radius 3 is 2.13 bits per heavy atom. The van der Waals surface area contributed by atoms with Gasteiger partial charge in [0.2, 0.25) is 10.0 Å². The first-order chi connectivity index (χ1) is 14.7. The molecule has 1 heterocycles. The van der Waals surface area contributed by atoms with Crippen molar-refractivity contribution < 1.29 is 30.7 Å². The van der Waals surface area contributed by atoms with E-state index in [4.69, 9.17) is 13.9 Å². The molecule has 0 radical (unpaired) electrons. The highest BCUT2D eigenvalue weighted by molar-refractivity contribution is 7.92. The van der Waals surface area contributed by atoms with Crippen LogP contribution in [-0.4, -0.2) is 37.6 Å². The molecular weight excluding hydrogens is 442 g/mol. The van der Waals surface area contributed by atoms with Crippen LogP contribution in [0.15, 0.2) is 75.1 Å². The van der Waals surface area contributed by atoms with Crippen molar-refractivity contribution in [2.75, 3.05) is 20.8 Å².